The van der Waals surface area contributed by atoms with Crippen LogP contribution in [0.3, 0.4) is 0 Å². The second-order valence-electron chi connectivity index (χ2n) is 10.6. The molecule has 0 saturated heterocycles. The minimum atomic E-state index is -1.07. The predicted molar refractivity (Wildman–Crippen MR) is 104 cm³/mol. The molecule has 0 spiro atoms. The lowest BCUT2D eigenvalue weighted by Gasteiger charge is -2.62. The second-order valence-corrected chi connectivity index (χ2v) is 10.6. The first kappa shape index (κ1) is 19.7. The molecule has 0 aromatic rings. The third kappa shape index (κ3) is 2.45. The maximum Gasteiger partial charge on any atom is 0.331 e. The first-order valence-corrected chi connectivity index (χ1v) is 11.2. The highest BCUT2D eigenvalue weighted by Crippen LogP contribution is 2.69. The van der Waals surface area contributed by atoms with Crippen molar-refractivity contribution in [3.05, 3.63) is 11.6 Å². The molecule has 160 valence electrons. The van der Waals surface area contributed by atoms with Gasteiger partial charge in [-0.15, -0.1) is 0 Å². The summed E-state index contributed by atoms with van der Waals surface area (Å²) in [5.74, 6) is -0.440. The molecule has 4 aliphatic carbocycles. The van der Waals surface area contributed by atoms with Crippen LogP contribution in [-0.4, -0.2) is 52.0 Å². The number of cyclic esters (lactones) is 1. The Balaban J connectivity index is 1.52. The monoisotopic (exact) mass is 404 g/mol. The zero-order valence-corrected chi connectivity index (χ0v) is 17.0. The summed E-state index contributed by atoms with van der Waals surface area (Å²) in [6, 6.07) is 0. The van der Waals surface area contributed by atoms with Crippen molar-refractivity contribution < 1.29 is 29.6 Å². The second kappa shape index (κ2) is 6.38. The van der Waals surface area contributed by atoms with E-state index in [9.17, 15) is 24.9 Å². The third-order valence-corrected chi connectivity index (χ3v) is 9.70. The van der Waals surface area contributed by atoms with E-state index in [4.69, 9.17) is 4.74 Å². The molecule has 1 aliphatic heterocycles. The fraction of sp³-hybridized carbons (Fsp3) is 0.826. The lowest BCUT2D eigenvalue weighted by atomic mass is 9.43. The summed E-state index contributed by atoms with van der Waals surface area (Å²) in [5, 5.41) is 33.3. The van der Waals surface area contributed by atoms with Crippen LogP contribution in [0.15, 0.2) is 11.6 Å². The van der Waals surface area contributed by atoms with Crippen LogP contribution in [-0.2, 0) is 14.3 Å². The first-order valence-electron chi connectivity index (χ1n) is 11.2. The molecule has 0 amide bonds. The molecule has 9 atom stereocenters. The van der Waals surface area contributed by atoms with Crippen molar-refractivity contribution in [2.75, 3.05) is 6.61 Å². The van der Waals surface area contributed by atoms with Crippen molar-refractivity contribution in [3.63, 3.8) is 0 Å². The van der Waals surface area contributed by atoms with Gasteiger partial charge in [0.1, 0.15) is 12.9 Å². The van der Waals surface area contributed by atoms with Gasteiger partial charge < -0.3 is 24.9 Å². The number of carbonyl (C=O) groups excluding carboxylic acids is 2. The zero-order chi connectivity index (χ0) is 20.6. The largest absolute Gasteiger partial charge is 0.458 e. The highest BCUT2D eigenvalue weighted by molar-refractivity contribution is 5.85. The van der Waals surface area contributed by atoms with Gasteiger partial charge in [0, 0.05) is 29.2 Å². The number of carbonyl (C=O) groups is 2. The van der Waals surface area contributed by atoms with E-state index in [1.165, 1.54) is 6.08 Å². The Labute approximate surface area is 171 Å². The Kier molecular flexibility index (Phi) is 4.34. The van der Waals surface area contributed by atoms with Gasteiger partial charge in [-0.1, -0.05) is 6.92 Å². The number of esters is 1. The van der Waals surface area contributed by atoms with Gasteiger partial charge in [-0.05, 0) is 68.3 Å². The van der Waals surface area contributed by atoms with Crippen LogP contribution in [0.2, 0.25) is 0 Å². The molecule has 29 heavy (non-hydrogen) atoms. The Morgan fingerprint density at radius 2 is 1.93 bits per heavy atom. The van der Waals surface area contributed by atoms with E-state index < -0.39 is 22.5 Å². The van der Waals surface area contributed by atoms with Crippen molar-refractivity contribution in [1.29, 1.82) is 0 Å². The molecule has 3 N–H and O–H groups in total. The van der Waals surface area contributed by atoms with Gasteiger partial charge in [0.2, 0.25) is 0 Å². The maximum absolute atomic E-state index is 12.5. The number of aliphatic hydroxyl groups excluding tert-OH is 2. The summed E-state index contributed by atoms with van der Waals surface area (Å²) < 4.78 is 5.11. The summed E-state index contributed by atoms with van der Waals surface area (Å²) in [4.78, 5) is 24.1. The number of fused-ring (bicyclic) bond motifs is 5. The number of aldehydes is 1. The molecular formula is C23H32O6. The Morgan fingerprint density at radius 3 is 2.62 bits per heavy atom. The standard InChI is InChI=1S/C23H32O6/c1-21-6-5-16-17(3-2-14-9-15(25)4-7-22(14,16)12-24)23(21,28)10-18(26)20(21)13-8-19(27)29-11-13/h8,12,14-18,20,25-26,28H,2-7,9-11H2,1H3/t14-,15+,16?,17?,18+,20+,21-,22-,23+/m1/s1. The Hall–Kier alpha value is -1.24. The average molecular weight is 405 g/mol. The van der Waals surface area contributed by atoms with Crippen molar-refractivity contribution >= 4 is 12.3 Å². The van der Waals surface area contributed by atoms with Gasteiger partial charge in [-0.2, -0.15) is 0 Å². The Morgan fingerprint density at radius 1 is 1.14 bits per heavy atom. The van der Waals surface area contributed by atoms with Crippen LogP contribution in [0.5, 0.6) is 0 Å². The van der Waals surface area contributed by atoms with E-state index >= 15 is 0 Å². The maximum atomic E-state index is 12.5. The van der Waals surface area contributed by atoms with Gasteiger partial charge in [-0.25, -0.2) is 4.79 Å². The predicted octanol–water partition coefficient (Wildman–Crippen LogP) is 1.75. The minimum Gasteiger partial charge on any atom is -0.458 e. The molecule has 0 aromatic heterocycles. The number of aliphatic hydroxyl groups is 3. The number of ether oxygens (including phenoxy) is 1. The fourth-order valence-corrected chi connectivity index (χ4v) is 8.39. The summed E-state index contributed by atoms with van der Waals surface area (Å²) in [5.41, 5.74) is -1.28. The zero-order valence-electron chi connectivity index (χ0n) is 17.0. The van der Waals surface area contributed by atoms with Crippen molar-refractivity contribution in [2.24, 2.45) is 34.5 Å². The summed E-state index contributed by atoms with van der Waals surface area (Å²) >= 11 is 0. The fourth-order valence-electron chi connectivity index (χ4n) is 8.39. The number of hydrogen-bond acceptors (Lipinski definition) is 6. The number of rotatable bonds is 2. The lowest BCUT2D eigenvalue weighted by Crippen LogP contribution is -2.63. The molecule has 2 unspecified atom stereocenters. The first-order chi connectivity index (χ1) is 13.7. The van der Waals surface area contributed by atoms with E-state index in [2.05, 4.69) is 6.92 Å². The van der Waals surface area contributed by atoms with Gasteiger partial charge in [-0.3, -0.25) is 0 Å². The molecule has 5 rings (SSSR count). The third-order valence-electron chi connectivity index (χ3n) is 9.70. The summed E-state index contributed by atoms with van der Waals surface area (Å²) in [6.45, 7) is 2.25. The topological polar surface area (TPSA) is 104 Å². The van der Waals surface area contributed by atoms with E-state index in [-0.39, 0.29) is 48.8 Å². The quantitative estimate of drug-likeness (QED) is 0.479. The highest BCUT2D eigenvalue weighted by Gasteiger charge is 2.70. The SMILES string of the molecule is C[C@]12CCC3C(CC[C@@H]4C[C@@H](O)CC[C@]34C=O)[C@@]1(O)C[C@H](O)[C@@H]2C1=CC(=O)OC1. The molecular weight excluding hydrogens is 372 g/mol. The number of hydrogen-bond donors (Lipinski definition) is 3. The molecule has 1 heterocycles. The van der Waals surface area contributed by atoms with Gasteiger partial charge in [0.15, 0.2) is 0 Å². The van der Waals surface area contributed by atoms with Crippen LogP contribution < -0.4 is 0 Å². The average Bonchev–Trinajstić information content (AvgIpc) is 3.18. The smallest absolute Gasteiger partial charge is 0.331 e. The van der Waals surface area contributed by atoms with E-state index in [0.29, 0.717) is 25.7 Å². The van der Waals surface area contributed by atoms with Crippen molar-refractivity contribution in [2.45, 2.75) is 76.1 Å². The van der Waals surface area contributed by atoms with Crippen molar-refractivity contribution in [3.8, 4) is 0 Å². The van der Waals surface area contributed by atoms with Gasteiger partial charge in [0.05, 0.1) is 17.8 Å². The van der Waals surface area contributed by atoms with Gasteiger partial charge in [0.25, 0.3) is 0 Å². The lowest BCUT2D eigenvalue weighted by molar-refractivity contribution is -0.207. The molecule has 6 heteroatoms. The van der Waals surface area contributed by atoms with E-state index in [1.807, 2.05) is 0 Å². The Bertz CT molecular complexity index is 762. The van der Waals surface area contributed by atoms with Crippen LogP contribution in [0.4, 0.5) is 0 Å². The molecule has 4 fully saturated rings. The summed E-state index contributed by atoms with van der Waals surface area (Å²) in [6.07, 6.45) is 7.07. The van der Waals surface area contributed by atoms with Crippen LogP contribution >= 0.6 is 0 Å². The molecule has 5 aliphatic rings. The molecule has 0 bridgehead atoms. The molecule has 6 nitrogen and oxygen atoms in total. The normalized spacial score (nSPS) is 54.1. The van der Waals surface area contributed by atoms with E-state index in [1.54, 1.807) is 0 Å². The van der Waals surface area contributed by atoms with Gasteiger partial charge >= 0.3 is 5.97 Å². The van der Waals surface area contributed by atoms with Crippen molar-refractivity contribution in [1.82, 2.24) is 0 Å². The van der Waals surface area contributed by atoms with Crippen LogP contribution in [0, 0.1) is 34.5 Å². The van der Waals surface area contributed by atoms with Crippen LogP contribution in [0.25, 0.3) is 0 Å². The van der Waals surface area contributed by atoms with Crippen LogP contribution in [0.1, 0.15) is 58.3 Å². The highest BCUT2D eigenvalue weighted by atomic mass is 16.5. The van der Waals surface area contributed by atoms with E-state index in [0.717, 1.165) is 31.1 Å². The molecule has 4 saturated carbocycles. The minimum absolute atomic E-state index is 0.0452. The summed E-state index contributed by atoms with van der Waals surface area (Å²) in [7, 11) is 0. The molecule has 0 radical (unpaired) electrons. The molecule has 0 aromatic carbocycles.